The van der Waals surface area contributed by atoms with Crippen LogP contribution >= 0.6 is 0 Å². The Kier molecular flexibility index (Phi) is 5.71. The van der Waals surface area contributed by atoms with Crippen LogP contribution < -0.4 is 15.1 Å². The summed E-state index contributed by atoms with van der Waals surface area (Å²) in [7, 11) is 1.57. The van der Waals surface area contributed by atoms with Crippen LogP contribution in [-0.4, -0.2) is 43.4 Å². The van der Waals surface area contributed by atoms with E-state index < -0.39 is 5.63 Å². The third-order valence-electron chi connectivity index (χ3n) is 5.36. The first-order chi connectivity index (χ1) is 14.2. The summed E-state index contributed by atoms with van der Waals surface area (Å²) in [4.78, 5) is 14.9. The maximum Gasteiger partial charge on any atom is 0.347 e. The predicted octanol–water partition coefficient (Wildman–Crippen LogP) is 4.04. The lowest BCUT2D eigenvalue weighted by Gasteiger charge is -2.26. The van der Waals surface area contributed by atoms with Crippen LogP contribution in [0.25, 0.3) is 22.1 Å². The fourth-order valence-electron chi connectivity index (χ4n) is 3.74. The van der Waals surface area contributed by atoms with Crippen molar-refractivity contribution < 1.29 is 19.0 Å². The molecular formula is C23H25NO5. The zero-order chi connectivity index (χ0) is 20.2. The van der Waals surface area contributed by atoms with Crippen LogP contribution in [0.1, 0.15) is 19.3 Å². The van der Waals surface area contributed by atoms with E-state index in [0.29, 0.717) is 34.6 Å². The number of likely N-dealkylation sites (tertiary alicyclic amines) is 1. The first-order valence-corrected chi connectivity index (χ1v) is 9.95. The Hall–Kier alpha value is -2.99. The molecule has 1 aliphatic heterocycles. The Morgan fingerprint density at radius 1 is 1.03 bits per heavy atom. The van der Waals surface area contributed by atoms with Gasteiger partial charge in [-0.1, -0.05) is 18.6 Å². The van der Waals surface area contributed by atoms with Gasteiger partial charge in [0.25, 0.3) is 0 Å². The van der Waals surface area contributed by atoms with Crippen LogP contribution in [0.5, 0.6) is 17.2 Å². The molecule has 4 rings (SSSR count). The smallest absolute Gasteiger partial charge is 0.347 e. The van der Waals surface area contributed by atoms with Crippen LogP contribution in [0, 0.1) is 0 Å². The third kappa shape index (κ3) is 4.22. The van der Waals surface area contributed by atoms with Gasteiger partial charge in [0.05, 0.1) is 12.5 Å². The molecule has 0 unspecified atom stereocenters. The van der Waals surface area contributed by atoms with Gasteiger partial charge in [-0.3, -0.25) is 4.90 Å². The largest absolute Gasteiger partial charge is 0.506 e. The molecule has 0 bridgehead atoms. The van der Waals surface area contributed by atoms with Gasteiger partial charge < -0.3 is 19.0 Å². The van der Waals surface area contributed by atoms with Crippen molar-refractivity contribution >= 4 is 11.0 Å². The number of benzene rings is 2. The Bertz CT molecular complexity index is 1040. The van der Waals surface area contributed by atoms with Gasteiger partial charge in [-0.05, 0) is 55.8 Å². The summed E-state index contributed by atoms with van der Waals surface area (Å²) in [5.41, 5.74) is 0.422. The standard InChI is InChI=1S/C23H25NO5/c1-27-17-7-5-16(6-8-17)21-22(25)19-10-9-18(15-20(19)29-23(21)26)28-14-13-24-11-3-2-4-12-24/h5-10,15,25H,2-4,11-14H2,1H3. The normalized spacial score (nSPS) is 14.8. The quantitative estimate of drug-likeness (QED) is 0.635. The van der Waals surface area contributed by atoms with Crippen LogP contribution in [0.3, 0.4) is 0 Å². The highest BCUT2D eigenvalue weighted by Gasteiger charge is 2.17. The van der Waals surface area contributed by atoms with Crippen molar-refractivity contribution in [3.63, 3.8) is 0 Å². The summed E-state index contributed by atoms with van der Waals surface area (Å²) >= 11 is 0. The second-order valence-corrected chi connectivity index (χ2v) is 7.25. The van der Waals surface area contributed by atoms with Gasteiger partial charge in [-0.2, -0.15) is 0 Å². The molecule has 1 aromatic heterocycles. The van der Waals surface area contributed by atoms with Gasteiger partial charge in [0.2, 0.25) is 0 Å². The van der Waals surface area contributed by atoms with Gasteiger partial charge in [0.15, 0.2) is 0 Å². The lowest BCUT2D eigenvalue weighted by molar-refractivity contribution is 0.183. The molecule has 6 nitrogen and oxygen atoms in total. The topological polar surface area (TPSA) is 72.1 Å². The second kappa shape index (κ2) is 8.57. The average molecular weight is 395 g/mol. The molecule has 3 aromatic rings. The van der Waals surface area contributed by atoms with Gasteiger partial charge in [-0.25, -0.2) is 4.79 Å². The van der Waals surface area contributed by atoms with E-state index in [4.69, 9.17) is 13.9 Å². The molecule has 1 N–H and O–H groups in total. The summed E-state index contributed by atoms with van der Waals surface area (Å²) in [6.07, 6.45) is 3.80. The molecule has 0 saturated carbocycles. The van der Waals surface area contributed by atoms with Crippen molar-refractivity contribution in [3.05, 3.63) is 52.9 Å². The number of piperidine rings is 1. The Morgan fingerprint density at radius 2 is 1.76 bits per heavy atom. The average Bonchev–Trinajstić information content (AvgIpc) is 2.75. The maximum atomic E-state index is 12.5. The highest BCUT2D eigenvalue weighted by atomic mass is 16.5. The summed E-state index contributed by atoms with van der Waals surface area (Å²) in [6, 6.07) is 12.1. The van der Waals surface area contributed by atoms with E-state index >= 15 is 0 Å². The van der Waals surface area contributed by atoms with Crippen molar-refractivity contribution in [1.82, 2.24) is 4.90 Å². The lowest BCUT2D eigenvalue weighted by atomic mass is 10.0. The molecule has 1 saturated heterocycles. The van der Waals surface area contributed by atoms with Crippen molar-refractivity contribution in [2.45, 2.75) is 19.3 Å². The molecule has 6 heteroatoms. The van der Waals surface area contributed by atoms with E-state index in [1.807, 2.05) is 0 Å². The zero-order valence-electron chi connectivity index (χ0n) is 16.5. The SMILES string of the molecule is COc1ccc(-c2c(O)c3ccc(OCCN4CCCCC4)cc3oc2=O)cc1. The summed E-state index contributed by atoms with van der Waals surface area (Å²) in [5.74, 6) is 1.19. The number of methoxy groups -OCH3 is 1. The van der Waals surface area contributed by atoms with Crippen LogP contribution in [0.2, 0.25) is 0 Å². The minimum Gasteiger partial charge on any atom is -0.506 e. The lowest BCUT2D eigenvalue weighted by Crippen LogP contribution is -2.33. The molecule has 0 spiro atoms. The molecular weight excluding hydrogens is 370 g/mol. The van der Waals surface area contributed by atoms with E-state index in [1.165, 1.54) is 19.3 Å². The highest BCUT2D eigenvalue weighted by Crippen LogP contribution is 2.35. The molecule has 29 heavy (non-hydrogen) atoms. The van der Waals surface area contributed by atoms with E-state index in [9.17, 15) is 9.90 Å². The van der Waals surface area contributed by atoms with Crippen LogP contribution in [0.15, 0.2) is 51.7 Å². The molecule has 2 heterocycles. The second-order valence-electron chi connectivity index (χ2n) is 7.25. The van der Waals surface area contributed by atoms with Gasteiger partial charge in [-0.15, -0.1) is 0 Å². The summed E-state index contributed by atoms with van der Waals surface area (Å²) in [6.45, 7) is 3.70. The molecule has 0 radical (unpaired) electrons. The Morgan fingerprint density at radius 3 is 2.48 bits per heavy atom. The minimum atomic E-state index is -0.592. The minimum absolute atomic E-state index is 0.0960. The number of aromatic hydroxyl groups is 1. The monoisotopic (exact) mass is 395 g/mol. The Labute approximate surface area is 169 Å². The van der Waals surface area contributed by atoms with Crippen LogP contribution in [0.4, 0.5) is 0 Å². The molecule has 0 amide bonds. The highest BCUT2D eigenvalue weighted by molar-refractivity contribution is 5.90. The molecule has 1 fully saturated rings. The van der Waals surface area contributed by atoms with Crippen LogP contribution in [-0.2, 0) is 0 Å². The number of ether oxygens (including phenoxy) is 2. The van der Waals surface area contributed by atoms with Crippen molar-refractivity contribution in [2.75, 3.05) is 33.4 Å². The van der Waals surface area contributed by atoms with E-state index in [2.05, 4.69) is 4.90 Å². The Balaban J connectivity index is 1.55. The molecule has 0 atom stereocenters. The number of hydrogen-bond acceptors (Lipinski definition) is 6. The van der Waals surface area contributed by atoms with Gasteiger partial charge >= 0.3 is 5.63 Å². The number of nitrogens with zero attached hydrogens (tertiary/aromatic N) is 1. The number of rotatable bonds is 6. The van der Waals surface area contributed by atoms with Gasteiger partial charge in [0, 0.05) is 12.6 Å². The van der Waals surface area contributed by atoms with E-state index in [1.54, 1.807) is 49.6 Å². The fourth-order valence-corrected chi connectivity index (χ4v) is 3.74. The van der Waals surface area contributed by atoms with E-state index in [0.717, 1.165) is 19.6 Å². The molecule has 1 aliphatic rings. The fraction of sp³-hybridized carbons (Fsp3) is 0.348. The van der Waals surface area contributed by atoms with E-state index in [-0.39, 0.29) is 11.3 Å². The molecule has 152 valence electrons. The van der Waals surface area contributed by atoms with Gasteiger partial charge in [0.1, 0.15) is 35.0 Å². The summed E-state index contributed by atoms with van der Waals surface area (Å²) < 4.78 is 16.5. The van der Waals surface area contributed by atoms with Crippen molar-refractivity contribution in [2.24, 2.45) is 0 Å². The molecule has 2 aromatic carbocycles. The zero-order valence-corrected chi connectivity index (χ0v) is 16.5. The predicted molar refractivity (Wildman–Crippen MR) is 112 cm³/mol. The van der Waals surface area contributed by atoms with Crippen molar-refractivity contribution in [1.29, 1.82) is 0 Å². The number of hydrogen-bond donors (Lipinski definition) is 1. The third-order valence-corrected chi connectivity index (χ3v) is 5.36. The summed E-state index contributed by atoms with van der Waals surface area (Å²) in [5, 5.41) is 11.2. The number of fused-ring (bicyclic) bond motifs is 1. The maximum absolute atomic E-state index is 12.5. The first-order valence-electron chi connectivity index (χ1n) is 9.95. The molecule has 0 aliphatic carbocycles. The van der Waals surface area contributed by atoms with Crippen molar-refractivity contribution in [3.8, 4) is 28.4 Å². The first kappa shape index (κ1) is 19.3.